The molecule has 0 atom stereocenters. The van der Waals surface area contributed by atoms with Gasteiger partial charge in [0.1, 0.15) is 5.21 Å². The average molecular weight is 206 g/mol. The van der Waals surface area contributed by atoms with E-state index in [1.54, 1.807) is 30.3 Å². The third kappa shape index (κ3) is 2.71. The predicted octanol–water partition coefficient (Wildman–Crippen LogP) is 1.62. The predicted molar refractivity (Wildman–Crippen MR) is 49.7 cm³/mol. The van der Waals surface area contributed by atoms with Crippen LogP contribution >= 0.6 is 11.6 Å². The second kappa shape index (κ2) is 3.78. The molecule has 0 amide bonds. The van der Waals surface area contributed by atoms with Crippen LogP contribution in [0.15, 0.2) is 30.3 Å². The smallest absolute Gasteiger partial charge is 0.246 e. The third-order valence-electron chi connectivity index (χ3n) is 1.19. The van der Waals surface area contributed by atoms with Crippen molar-refractivity contribution in [2.45, 2.75) is 0 Å². The number of hydrogen-bond donors (Lipinski definition) is 1. The summed E-state index contributed by atoms with van der Waals surface area (Å²) in [4.78, 5) is 0. The number of alkyl halides is 1. The van der Waals surface area contributed by atoms with E-state index < -0.39 is 15.2 Å². The van der Waals surface area contributed by atoms with Crippen molar-refractivity contribution in [2.75, 3.05) is 9.93 Å². The molecule has 1 rings (SSSR count). The molecule has 0 unspecified atom stereocenters. The molecule has 0 fully saturated rings. The van der Waals surface area contributed by atoms with E-state index in [2.05, 4.69) is 4.72 Å². The maximum atomic E-state index is 10.9. The second-order valence-electron chi connectivity index (χ2n) is 2.19. The van der Waals surface area contributed by atoms with Gasteiger partial charge in [-0.1, -0.05) is 18.2 Å². The van der Waals surface area contributed by atoms with Gasteiger partial charge in [0.05, 0.1) is 0 Å². The number of nitrogens with one attached hydrogen (secondary N) is 1. The fraction of sp³-hybridized carbons (Fsp3) is 0.143. The first kappa shape index (κ1) is 9.35. The number of hydrogen-bond acceptors (Lipinski definition) is 2. The van der Waals surface area contributed by atoms with Crippen LogP contribution in [0.2, 0.25) is 0 Å². The lowest BCUT2D eigenvalue weighted by atomic mass is 10.3. The molecular formula is C7H8ClNO2S. The molecule has 1 aromatic rings. The van der Waals surface area contributed by atoms with Crippen molar-refractivity contribution in [2.24, 2.45) is 0 Å². The van der Waals surface area contributed by atoms with Gasteiger partial charge in [0, 0.05) is 5.69 Å². The summed E-state index contributed by atoms with van der Waals surface area (Å²) in [5, 5.41) is -0.429. The molecule has 1 aromatic carbocycles. The Bertz CT molecular complexity index is 336. The molecule has 0 bridgehead atoms. The van der Waals surface area contributed by atoms with Gasteiger partial charge in [0.15, 0.2) is 0 Å². The van der Waals surface area contributed by atoms with E-state index in [0.717, 1.165) is 0 Å². The number of para-hydroxylation sites is 1. The van der Waals surface area contributed by atoms with Crippen LogP contribution in [-0.2, 0) is 10.0 Å². The van der Waals surface area contributed by atoms with Gasteiger partial charge < -0.3 is 0 Å². The second-order valence-corrected chi connectivity index (χ2v) is 4.50. The minimum Gasteiger partial charge on any atom is -0.283 e. The molecule has 0 aliphatic heterocycles. The van der Waals surface area contributed by atoms with Crippen molar-refractivity contribution in [1.82, 2.24) is 0 Å². The topological polar surface area (TPSA) is 46.2 Å². The standard InChI is InChI=1S/C7H8ClNO2S/c8-6-12(10,11)9-7-4-2-1-3-5-7/h1-5,9H,6H2. The van der Waals surface area contributed by atoms with E-state index in [1.807, 2.05) is 0 Å². The minimum absolute atomic E-state index is 0.429. The van der Waals surface area contributed by atoms with Crippen molar-refractivity contribution in [3.8, 4) is 0 Å². The fourth-order valence-electron chi connectivity index (χ4n) is 0.713. The summed E-state index contributed by atoms with van der Waals surface area (Å²) in [6, 6.07) is 8.60. The van der Waals surface area contributed by atoms with Gasteiger partial charge in [-0.2, -0.15) is 0 Å². The Kier molecular flexibility index (Phi) is 2.94. The van der Waals surface area contributed by atoms with E-state index in [1.165, 1.54) is 0 Å². The number of benzene rings is 1. The minimum atomic E-state index is -3.36. The molecule has 66 valence electrons. The Morgan fingerprint density at radius 1 is 1.25 bits per heavy atom. The van der Waals surface area contributed by atoms with Gasteiger partial charge in [-0.05, 0) is 12.1 Å². The van der Waals surface area contributed by atoms with Crippen LogP contribution in [-0.4, -0.2) is 13.6 Å². The number of anilines is 1. The van der Waals surface area contributed by atoms with Gasteiger partial charge in [0.25, 0.3) is 0 Å². The van der Waals surface area contributed by atoms with Crippen molar-refractivity contribution in [1.29, 1.82) is 0 Å². The van der Waals surface area contributed by atoms with Crippen LogP contribution in [0.3, 0.4) is 0 Å². The largest absolute Gasteiger partial charge is 0.283 e. The van der Waals surface area contributed by atoms with E-state index in [9.17, 15) is 8.42 Å². The van der Waals surface area contributed by atoms with Crippen LogP contribution in [0.4, 0.5) is 5.69 Å². The van der Waals surface area contributed by atoms with Crippen LogP contribution in [0, 0.1) is 0 Å². The molecule has 0 saturated carbocycles. The summed E-state index contributed by atoms with van der Waals surface area (Å²) in [5.41, 5.74) is 0.526. The summed E-state index contributed by atoms with van der Waals surface area (Å²) in [7, 11) is -3.36. The molecule has 0 aliphatic rings. The maximum Gasteiger partial charge on any atom is 0.246 e. The van der Waals surface area contributed by atoms with Crippen molar-refractivity contribution in [3.63, 3.8) is 0 Å². The van der Waals surface area contributed by atoms with Crippen LogP contribution in [0.1, 0.15) is 0 Å². The highest BCUT2D eigenvalue weighted by Crippen LogP contribution is 2.08. The average Bonchev–Trinajstić information content (AvgIpc) is 2.06. The summed E-state index contributed by atoms with van der Waals surface area (Å²) in [6.07, 6.45) is 0. The molecule has 0 saturated heterocycles. The normalized spacial score (nSPS) is 11.1. The summed E-state index contributed by atoms with van der Waals surface area (Å²) in [5.74, 6) is 0. The Morgan fingerprint density at radius 2 is 1.83 bits per heavy atom. The molecule has 1 N–H and O–H groups in total. The van der Waals surface area contributed by atoms with Crippen molar-refractivity contribution in [3.05, 3.63) is 30.3 Å². The van der Waals surface area contributed by atoms with Crippen molar-refractivity contribution >= 4 is 27.3 Å². The highest BCUT2D eigenvalue weighted by Gasteiger charge is 2.06. The molecule has 5 heteroatoms. The van der Waals surface area contributed by atoms with Gasteiger partial charge in [0.2, 0.25) is 10.0 Å². The lowest BCUT2D eigenvalue weighted by Gasteiger charge is -2.03. The number of sulfonamides is 1. The monoisotopic (exact) mass is 205 g/mol. The van der Waals surface area contributed by atoms with E-state index in [0.29, 0.717) is 5.69 Å². The number of halogens is 1. The van der Waals surface area contributed by atoms with Gasteiger partial charge in [-0.15, -0.1) is 11.6 Å². The third-order valence-corrected chi connectivity index (χ3v) is 2.89. The van der Waals surface area contributed by atoms with Gasteiger partial charge >= 0.3 is 0 Å². The zero-order valence-electron chi connectivity index (χ0n) is 6.20. The lowest BCUT2D eigenvalue weighted by Crippen LogP contribution is -2.13. The summed E-state index contributed by atoms with van der Waals surface area (Å²) >= 11 is 5.19. The van der Waals surface area contributed by atoms with E-state index in [-0.39, 0.29) is 0 Å². The Labute approximate surface area is 76.4 Å². The first-order chi connectivity index (χ1) is 5.64. The van der Waals surface area contributed by atoms with Crippen LogP contribution in [0.5, 0.6) is 0 Å². The molecule has 0 radical (unpaired) electrons. The molecular weight excluding hydrogens is 198 g/mol. The Morgan fingerprint density at radius 3 is 2.33 bits per heavy atom. The summed E-state index contributed by atoms with van der Waals surface area (Å²) < 4.78 is 24.2. The van der Waals surface area contributed by atoms with E-state index >= 15 is 0 Å². The lowest BCUT2D eigenvalue weighted by molar-refractivity contribution is 0.605. The fourth-order valence-corrected chi connectivity index (χ4v) is 1.43. The summed E-state index contributed by atoms with van der Waals surface area (Å²) in [6.45, 7) is 0. The zero-order chi connectivity index (χ0) is 9.03. The van der Waals surface area contributed by atoms with Gasteiger partial charge in [-0.3, -0.25) is 4.72 Å². The van der Waals surface area contributed by atoms with Crippen LogP contribution < -0.4 is 4.72 Å². The highest BCUT2D eigenvalue weighted by molar-refractivity contribution is 7.93. The highest BCUT2D eigenvalue weighted by atomic mass is 35.5. The quantitative estimate of drug-likeness (QED) is 0.763. The molecule has 12 heavy (non-hydrogen) atoms. The Hall–Kier alpha value is -0.740. The van der Waals surface area contributed by atoms with Crippen LogP contribution in [0.25, 0.3) is 0 Å². The molecule has 0 heterocycles. The van der Waals surface area contributed by atoms with E-state index in [4.69, 9.17) is 11.6 Å². The SMILES string of the molecule is O=S(=O)(CCl)Nc1ccccc1. The van der Waals surface area contributed by atoms with Gasteiger partial charge in [-0.25, -0.2) is 8.42 Å². The molecule has 3 nitrogen and oxygen atoms in total. The molecule has 0 aliphatic carbocycles. The van der Waals surface area contributed by atoms with Crippen molar-refractivity contribution < 1.29 is 8.42 Å². The first-order valence-corrected chi connectivity index (χ1v) is 5.44. The maximum absolute atomic E-state index is 10.9. The number of rotatable bonds is 3. The molecule has 0 spiro atoms. The zero-order valence-corrected chi connectivity index (χ0v) is 7.77. The Balaban J connectivity index is 2.78. The molecule has 0 aromatic heterocycles. The first-order valence-electron chi connectivity index (χ1n) is 3.25.